The average Bonchev–Trinajstić information content (AvgIpc) is 3.34. The number of amides is 2. The van der Waals surface area contributed by atoms with E-state index in [0.717, 1.165) is 53.0 Å². The Morgan fingerprint density at radius 3 is 2.38 bits per heavy atom. The van der Waals surface area contributed by atoms with E-state index in [0.29, 0.717) is 16.9 Å². The molecule has 0 saturated carbocycles. The molecule has 8 nitrogen and oxygen atoms in total. The highest BCUT2D eigenvalue weighted by Gasteiger charge is 2.36. The van der Waals surface area contributed by atoms with E-state index in [9.17, 15) is 14.4 Å². The van der Waals surface area contributed by atoms with Gasteiger partial charge in [-0.15, -0.1) is 0 Å². The summed E-state index contributed by atoms with van der Waals surface area (Å²) in [4.78, 5) is 47.7. The van der Waals surface area contributed by atoms with E-state index < -0.39 is 24.3 Å². The Kier molecular flexibility index (Phi) is 5.36. The molecule has 3 aromatic rings. The number of benzene rings is 2. The Hall–Kier alpha value is -3.30. The predicted molar refractivity (Wildman–Crippen MR) is 121 cm³/mol. The van der Waals surface area contributed by atoms with Gasteiger partial charge in [0.15, 0.2) is 5.13 Å². The number of aromatic nitrogens is 1. The molecule has 1 aromatic heterocycles. The van der Waals surface area contributed by atoms with Crippen molar-refractivity contribution in [3.05, 3.63) is 53.6 Å². The fourth-order valence-electron chi connectivity index (χ4n) is 4.02. The van der Waals surface area contributed by atoms with E-state index in [1.807, 2.05) is 6.07 Å². The third-order valence-electron chi connectivity index (χ3n) is 5.84. The molecule has 0 bridgehead atoms. The second-order valence-electron chi connectivity index (χ2n) is 7.76. The summed E-state index contributed by atoms with van der Waals surface area (Å²) < 4.78 is 6.36. The van der Waals surface area contributed by atoms with Gasteiger partial charge in [0.25, 0.3) is 11.8 Å². The topological polar surface area (TPSA) is 83.1 Å². The van der Waals surface area contributed by atoms with Gasteiger partial charge in [-0.1, -0.05) is 30.4 Å². The molecule has 2 aliphatic rings. The number of piperazine rings is 1. The smallest absolute Gasteiger partial charge is 0.331 e. The highest BCUT2D eigenvalue weighted by molar-refractivity contribution is 7.22. The number of likely N-dealkylation sites (N-methyl/N-ethyl adjacent to an activating group) is 1. The molecule has 9 heteroatoms. The molecule has 0 unspecified atom stereocenters. The van der Waals surface area contributed by atoms with Gasteiger partial charge < -0.3 is 14.5 Å². The lowest BCUT2D eigenvalue weighted by Crippen LogP contribution is -2.46. The van der Waals surface area contributed by atoms with Crippen molar-refractivity contribution in [2.75, 3.05) is 44.2 Å². The van der Waals surface area contributed by atoms with Crippen LogP contribution in [-0.4, -0.2) is 71.8 Å². The van der Waals surface area contributed by atoms with Crippen molar-refractivity contribution in [3.8, 4) is 5.75 Å². The molecule has 32 heavy (non-hydrogen) atoms. The Morgan fingerprint density at radius 2 is 1.72 bits per heavy atom. The van der Waals surface area contributed by atoms with Crippen LogP contribution in [0.15, 0.2) is 42.5 Å². The summed E-state index contributed by atoms with van der Waals surface area (Å²) in [5, 5.41) is 0.963. The zero-order valence-corrected chi connectivity index (χ0v) is 18.4. The van der Waals surface area contributed by atoms with E-state index in [2.05, 4.69) is 16.7 Å². The highest BCUT2D eigenvalue weighted by atomic mass is 32.1. The summed E-state index contributed by atoms with van der Waals surface area (Å²) in [6, 6.07) is 11.8. The number of ether oxygens (including phenoxy) is 1. The number of hydrogen-bond donors (Lipinski definition) is 0. The van der Waals surface area contributed by atoms with Crippen LogP contribution in [0.5, 0.6) is 5.75 Å². The van der Waals surface area contributed by atoms with Crippen LogP contribution in [0.2, 0.25) is 0 Å². The molecule has 1 saturated heterocycles. The summed E-state index contributed by atoms with van der Waals surface area (Å²) in [6.45, 7) is 6.72. The van der Waals surface area contributed by atoms with Crippen molar-refractivity contribution in [1.82, 2.24) is 14.8 Å². The summed E-state index contributed by atoms with van der Waals surface area (Å²) in [7, 11) is 0. The van der Waals surface area contributed by atoms with Crippen LogP contribution in [0.3, 0.4) is 0 Å². The van der Waals surface area contributed by atoms with Crippen molar-refractivity contribution in [2.24, 2.45) is 0 Å². The Morgan fingerprint density at radius 1 is 1.03 bits per heavy atom. The van der Waals surface area contributed by atoms with E-state index in [-0.39, 0.29) is 0 Å². The predicted octanol–water partition coefficient (Wildman–Crippen LogP) is 2.64. The minimum absolute atomic E-state index is 0.309. The number of thiazole rings is 1. The average molecular weight is 451 g/mol. The Bertz CT molecular complexity index is 1180. The molecule has 3 heterocycles. The number of rotatable bonds is 5. The third kappa shape index (κ3) is 3.74. The zero-order valence-electron chi connectivity index (χ0n) is 17.6. The first kappa shape index (κ1) is 20.6. The molecule has 0 N–H and O–H groups in total. The molecular formula is C23H22N4O4S. The standard InChI is InChI=1S/C23H22N4O4S/c1-2-25-9-11-26(12-10-25)23-24-18-8-7-15(13-19(18)32-23)31-20(28)14-27-21(29)16-5-3-4-6-17(16)22(27)30/h3-8,13H,2,9-12,14H2,1H3. The second kappa shape index (κ2) is 8.33. The minimum Gasteiger partial charge on any atom is -0.425 e. The number of carbonyl (C=O) groups is 3. The van der Waals surface area contributed by atoms with Gasteiger partial charge in [0.1, 0.15) is 12.3 Å². The molecule has 0 radical (unpaired) electrons. The van der Waals surface area contributed by atoms with E-state index in [1.54, 1.807) is 47.7 Å². The fraction of sp³-hybridized carbons (Fsp3) is 0.304. The van der Waals surface area contributed by atoms with Crippen molar-refractivity contribution >= 4 is 44.5 Å². The molecule has 1 fully saturated rings. The van der Waals surface area contributed by atoms with Crippen LogP contribution in [0, 0.1) is 0 Å². The lowest BCUT2D eigenvalue weighted by Gasteiger charge is -2.33. The Labute approximate surface area is 189 Å². The van der Waals surface area contributed by atoms with Gasteiger partial charge in [-0.05, 0) is 30.8 Å². The maximum absolute atomic E-state index is 12.5. The van der Waals surface area contributed by atoms with Crippen LogP contribution < -0.4 is 9.64 Å². The number of imide groups is 1. The van der Waals surface area contributed by atoms with Gasteiger partial charge in [-0.25, -0.2) is 9.78 Å². The second-order valence-corrected chi connectivity index (χ2v) is 8.77. The van der Waals surface area contributed by atoms with Crippen molar-refractivity contribution < 1.29 is 19.1 Å². The summed E-state index contributed by atoms with van der Waals surface area (Å²) >= 11 is 1.57. The molecule has 2 aliphatic heterocycles. The van der Waals surface area contributed by atoms with Crippen molar-refractivity contribution in [3.63, 3.8) is 0 Å². The number of fused-ring (bicyclic) bond motifs is 2. The van der Waals surface area contributed by atoms with Gasteiger partial charge in [-0.3, -0.25) is 14.5 Å². The van der Waals surface area contributed by atoms with Crippen LogP contribution in [-0.2, 0) is 4.79 Å². The van der Waals surface area contributed by atoms with E-state index in [4.69, 9.17) is 9.72 Å². The molecule has 2 aromatic carbocycles. The van der Waals surface area contributed by atoms with E-state index in [1.165, 1.54) is 0 Å². The Balaban J connectivity index is 1.26. The maximum Gasteiger partial charge on any atom is 0.331 e. The minimum atomic E-state index is -0.667. The van der Waals surface area contributed by atoms with Gasteiger partial charge >= 0.3 is 5.97 Å². The third-order valence-corrected chi connectivity index (χ3v) is 6.91. The van der Waals surface area contributed by atoms with Crippen LogP contribution in [0.4, 0.5) is 5.13 Å². The first-order chi connectivity index (χ1) is 15.5. The van der Waals surface area contributed by atoms with E-state index >= 15 is 0 Å². The molecule has 0 atom stereocenters. The van der Waals surface area contributed by atoms with Crippen LogP contribution in [0.25, 0.3) is 10.2 Å². The summed E-state index contributed by atoms with van der Waals surface area (Å²) in [5.41, 5.74) is 1.47. The first-order valence-corrected chi connectivity index (χ1v) is 11.4. The van der Waals surface area contributed by atoms with Gasteiger partial charge in [-0.2, -0.15) is 0 Å². The molecular weight excluding hydrogens is 428 g/mol. The largest absolute Gasteiger partial charge is 0.425 e. The SMILES string of the molecule is CCN1CCN(c2nc3ccc(OC(=O)CN4C(=O)c5ccccc5C4=O)cc3s2)CC1. The maximum atomic E-state index is 12.5. The monoisotopic (exact) mass is 450 g/mol. The molecule has 164 valence electrons. The van der Waals surface area contributed by atoms with Gasteiger partial charge in [0.05, 0.1) is 21.3 Å². The van der Waals surface area contributed by atoms with Crippen molar-refractivity contribution in [2.45, 2.75) is 6.92 Å². The first-order valence-electron chi connectivity index (χ1n) is 10.6. The van der Waals surface area contributed by atoms with Crippen molar-refractivity contribution in [1.29, 1.82) is 0 Å². The highest BCUT2D eigenvalue weighted by Crippen LogP contribution is 2.32. The fourth-order valence-corrected chi connectivity index (χ4v) is 5.07. The number of esters is 1. The molecule has 0 spiro atoms. The normalized spacial score (nSPS) is 16.7. The van der Waals surface area contributed by atoms with Crippen LogP contribution in [0.1, 0.15) is 27.6 Å². The van der Waals surface area contributed by atoms with Gasteiger partial charge in [0, 0.05) is 32.2 Å². The number of carbonyl (C=O) groups excluding carboxylic acids is 3. The number of anilines is 1. The lowest BCUT2D eigenvalue weighted by molar-refractivity contribution is -0.134. The number of nitrogens with zero attached hydrogens (tertiary/aromatic N) is 4. The number of hydrogen-bond acceptors (Lipinski definition) is 8. The molecule has 2 amide bonds. The summed E-state index contributed by atoms with van der Waals surface area (Å²) in [6.07, 6.45) is 0. The quantitative estimate of drug-likeness (QED) is 0.336. The molecule has 0 aliphatic carbocycles. The van der Waals surface area contributed by atoms with Gasteiger partial charge in [0.2, 0.25) is 0 Å². The van der Waals surface area contributed by atoms with Crippen LogP contribution >= 0.6 is 11.3 Å². The molecule has 5 rings (SSSR count). The summed E-state index contributed by atoms with van der Waals surface area (Å²) in [5.74, 6) is -1.26. The lowest BCUT2D eigenvalue weighted by atomic mass is 10.1. The zero-order chi connectivity index (χ0) is 22.2.